The van der Waals surface area contributed by atoms with Gasteiger partial charge in [0.2, 0.25) is 0 Å². The Morgan fingerprint density at radius 2 is 2.06 bits per heavy atom. The Morgan fingerprint density at radius 1 is 1.29 bits per heavy atom. The molecule has 2 aromatic heterocycles. The number of amides is 1. The number of likely N-dealkylation sites (tertiary alicyclic amines) is 1. The van der Waals surface area contributed by atoms with Gasteiger partial charge in [-0.2, -0.15) is 0 Å². The van der Waals surface area contributed by atoms with Crippen LogP contribution in [0, 0.1) is 0 Å². The van der Waals surface area contributed by atoms with Crippen molar-refractivity contribution in [3.63, 3.8) is 0 Å². The topological polar surface area (TPSA) is 38.4 Å². The van der Waals surface area contributed by atoms with Crippen LogP contribution < -0.4 is 0 Å². The highest BCUT2D eigenvalue weighted by Crippen LogP contribution is 2.21. The number of hydrogen-bond acceptors (Lipinski definition) is 2. The minimum Gasteiger partial charge on any atom is -0.463 e. The van der Waals surface area contributed by atoms with Gasteiger partial charge in [-0.05, 0) is 19.3 Å². The van der Waals surface area contributed by atoms with Crippen LogP contribution in [-0.4, -0.2) is 28.5 Å². The highest BCUT2D eigenvalue weighted by molar-refractivity contribution is 5.97. The molecule has 3 heterocycles. The van der Waals surface area contributed by atoms with Gasteiger partial charge in [-0.1, -0.05) is 0 Å². The van der Waals surface area contributed by atoms with Crippen LogP contribution >= 0.6 is 0 Å². The van der Waals surface area contributed by atoms with Crippen LogP contribution in [0.4, 0.5) is 0 Å². The Kier molecular flexibility index (Phi) is 2.42. The molecule has 1 fully saturated rings. The summed E-state index contributed by atoms with van der Waals surface area (Å²) in [7, 11) is 1.91. The predicted molar refractivity (Wildman–Crippen MR) is 64.9 cm³/mol. The fourth-order valence-corrected chi connectivity index (χ4v) is 2.51. The normalized spacial score (nSPS) is 16.6. The van der Waals surface area contributed by atoms with E-state index in [0.717, 1.165) is 42.7 Å². The quantitative estimate of drug-likeness (QED) is 0.757. The summed E-state index contributed by atoms with van der Waals surface area (Å²) in [5.74, 6) is 0.124. The van der Waals surface area contributed by atoms with Gasteiger partial charge in [0.1, 0.15) is 5.69 Å². The van der Waals surface area contributed by atoms with Crippen LogP contribution in [0.5, 0.6) is 0 Å². The van der Waals surface area contributed by atoms with Crippen LogP contribution in [-0.2, 0) is 7.05 Å². The fourth-order valence-electron chi connectivity index (χ4n) is 2.51. The summed E-state index contributed by atoms with van der Waals surface area (Å²) in [4.78, 5) is 14.3. The summed E-state index contributed by atoms with van der Waals surface area (Å²) in [5.41, 5.74) is 2.49. The van der Waals surface area contributed by atoms with Crippen molar-refractivity contribution in [1.29, 1.82) is 0 Å². The summed E-state index contributed by atoms with van der Waals surface area (Å²) >= 11 is 0. The third-order valence-electron chi connectivity index (χ3n) is 3.53. The number of carbonyl (C=O) groups is 1. The Bertz CT molecular complexity index is 547. The molecular formula is C13H16N2O2. The number of nitrogens with zero attached hydrogens (tertiary/aromatic N) is 2. The van der Waals surface area contributed by atoms with Crippen LogP contribution in [0.3, 0.4) is 0 Å². The van der Waals surface area contributed by atoms with E-state index in [-0.39, 0.29) is 5.91 Å². The second kappa shape index (κ2) is 3.95. The first-order valence-electron chi connectivity index (χ1n) is 6.09. The van der Waals surface area contributed by atoms with Crippen molar-refractivity contribution in [2.45, 2.75) is 19.3 Å². The van der Waals surface area contributed by atoms with E-state index in [9.17, 15) is 4.79 Å². The van der Waals surface area contributed by atoms with Gasteiger partial charge in [0.05, 0.1) is 11.8 Å². The Morgan fingerprint density at radius 3 is 2.76 bits per heavy atom. The molecule has 2 aromatic rings. The van der Waals surface area contributed by atoms with Crippen LogP contribution in [0.1, 0.15) is 29.8 Å². The van der Waals surface area contributed by atoms with Gasteiger partial charge in [0.15, 0.2) is 5.58 Å². The molecule has 1 amide bonds. The third-order valence-corrected chi connectivity index (χ3v) is 3.53. The Labute approximate surface area is 99.8 Å². The number of aryl methyl sites for hydroxylation is 1. The second-order valence-electron chi connectivity index (χ2n) is 4.61. The van der Waals surface area contributed by atoms with Crippen LogP contribution in [0.2, 0.25) is 0 Å². The third kappa shape index (κ3) is 1.64. The van der Waals surface area contributed by atoms with E-state index < -0.39 is 0 Å². The molecular weight excluding hydrogens is 216 g/mol. The van der Waals surface area contributed by atoms with Crippen molar-refractivity contribution in [2.75, 3.05) is 13.1 Å². The molecule has 1 saturated heterocycles. The van der Waals surface area contributed by atoms with E-state index in [1.54, 1.807) is 6.26 Å². The van der Waals surface area contributed by atoms with Gasteiger partial charge in [0, 0.05) is 32.3 Å². The van der Waals surface area contributed by atoms with Gasteiger partial charge >= 0.3 is 0 Å². The van der Waals surface area contributed by atoms with Crippen molar-refractivity contribution in [1.82, 2.24) is 9.47 Å². The number of furan rings is 1. The van der Waals surface area contributed by atoms with Gasteiger partial charge in [-0.15, -0.1) is 0 Å². The van der Waals surface area contributed by atoms with Gasteiger partial charge in [-0.3, -0.25) is 4.79 Å². The zero-order valence-corrected chi connectivity index (χ0v) is 9.98. The first-order valence-corrected chi connectivity index (χ1v) is 6.09. The minimum atomic E-state index is 0.124. The maximum absolute atomic E-state index is 12.4. The molecule has 0 N–H and O–H groups in total. The predicted octanol–water partition coefficient (Wildman–Crippen LogP) is 2.40. The van der Waals surface area contributed by atoms with Gasteiger partial charge in [0.25, 0.3) is 5.91 Å². The van der Waals surface area contributed by atoms with E-state index in [2.05, 4.69) is 0 Å². The second-order valence-corrected chi connectivity index (χ2v) is 4.61. The van der Waals surface area contributed by atoms with E-state index in [4.69, 9.17) is 4.42 Å². The monoisotopic (exact) mass is 232 g/mol. The highest BCUT2D eigenvalue weighted by Gasteiger charge is 2.22. The van der Waals surface area contributed by atoms with E-state index in [1.165, 1.54) is 6.42 Å². The van der Waals surface area contributed by atoms with Crippen molar-refractivity contribution in [3.8, 4) is 0 Å². The van der Waals surface area contributed by atoms with Crippen LogP contribution in [0.25, 0.3) is 11.1 Å². The first-order chi connectivity index (χ1) is 8.27. The lowest BCUT2D eigenvalue weighted by molar-refractivity contribution is 0.0715. The summed E-state index contributed by atoms with van der Waals surface area (Å²) in [6.07, 6.45) is 5.12. The molecule has 0 unspecified atom stereocenters. The molecule has 4 nitrogen and oxygen atoms in total. The average Bonchev–Trinajstić information content (AvgIpc) is 2.93. The van der Waals surface area contributed by atoms with Crippen molar-refractivity contribution >= 4 is 17.0 Å². The molecule has 0 spiro atoms. The molecule has 0 saturated carbocycles. The van der Waals surface area contributed by atoms with E-state index in [0.29, 0.717) is 0 Å². The molecule has 3 rings (SSSR count). The number of carbonyl (C=O) groups excluding carboxylic acids is 1. The fraction of sp³-hybridized carbons (Fsp3) is 0.462. The number of aromatic nitrogens is 1. The maximum Gasteiger partial charge on any atom is 0.270 e. The minimum absolute atomic E-state index is 0.124. The number of rotatable bonds is 1. The number of fused-ring (bicyclic) bond motifs is 1. The Balaban J connectivity index is 1.94. The van der Waals surface area contributed by atoms with Gasteiger partial charge in [-0.25, -0.2) is 0 Å². The molecule has 0 aliphatic carbocycles. The molecule has 1 aliphatic heterocycles. The zero-order chi connectivity index (χ0) is 11.8. The summed E-state index contributed by atoms with van der Waals surface area (Å²) in [5, 5.41) is 0. The van der Waals surface area contributed by atoms with Crippen molar-refractivity contribution in [3.05, 3.63) is 24.1 Å². The number of hydrogen-bond donors (Lipinski definition) is 0. The summed E-state index contributed by atoms with van der Waals surface area (Å²) in [6, 6.07) is 3.73. The zero-order valence-electron chi connectivity index (χ0n) is 9.98. The van der Waals surface area contributed by atoms with E-state index >= 15 is 0 Å². The molecule has 0 bridgehead atoms. The maximum atomic E-state index is 12.4. The average molecular weight is 232 g/mol. The molecule has 17 heavy (non-hydrogen) atoms. The van der Waals surface area contributed by atoms with Crippen molar-refractivity contribution in [2.24, 2.45) is 7.05 Å². The molecule has 1 aliphatic rings. The molecule has 0 atom stereocenters. The molecule has 4 heteroatoms. The smallest absolute Gasteiger partial charge is 0.270 e. The van der Waals surface area contributed by atoms with E-state index in [1.807, 2.05) is 28.6 Å². The lowest BCUT2D eigenvalue weighted by Crippen LogP contribution is -2.36. The molecule has 0 aromatic carbocycles. The molecule has 90 valence electrons. The summed E-state index contributed by atoms with van der Waals surface area (Å²) in [6.45, 7) is 1.76. The summed E-state index contributed by atoms with van der Waals surface area (Å²) < 4.78 is 7.24. The standard InChI is InChI=1S/C13H16N2O2/c1-14-10-5-8-17-12(10)9-11(14)13(16)15-6-3-2-4-7-15/h5,8-9H,2-4,6-7H2,1H3. The molecule has 0 radical (unpaired) electrons. The van der Waals surface area contributed by atoms with Crippen molar-refractivity contribution < 1.29 is 9.21 Å². The highest BCUT2D eigenvalue weighted by atomic mass is 16.3. The Hall–Kier alpha value is -1.71. The SMILES string of the molecule is Cn1c(C(=O)N2CCCCC2)cc2occc21. The largest absolute Gasteiger partial charge is 0.463 e. The van der Waals surface area contributed by atoms with Crippen LogP contribution in [0.15, 0.2) is 22.8 Å². The first kappa shape index (κ1) is 10.4. The lowest BCUT2D eigenvalue weighted by Gasteiger charge is -2.26. The lowest BCUT2D eigenvalue weighted by atomic mass is 10.1. The van der Waals surface area contributed by atoms with Gasteiger partial charge < -0.3 is 13.9 Å². The number of piperidine rings is 1.